The molecule has 0 radical (unpaired) electrons. The maximum Gasteiger partial charge on any atom is 0.187 e. The SMILES string of the molecule is c1ccc(N(c2ccc(C3CCCCC3)cc2)c2ccc3c(c2)OC2C3c3cc4ccc(N(c5ccccc5)c5ccc(C6CCCCC6)cc5)cc4c4c5ccccc5n2c34)cc1. The lowest BCUT2D eigenvalue weighted by Gasteiger charge is -2.27. The van der Waals surface area contributed by atoms with Gasteiger partial charge in [-0.2, -0.15) is 0 Å². The number of fused-ring (bicyclic) bond motifs is 10. The normalized spacial score (nSPS) is 18.3. The third-order valence-corrected chi connectivity index (χ3v) is 15.3. The molecule has 4 aliphatic rings. The molecule has 2 atom stereocenters. The average molecular weight is 832 g/mol. The number of nitrogens with zero attached hydrogens (tertiary/aromatic N) is 3. The molecule has 0 N–H and O–H groups in total. The molecule has 4 nitrogen and oxygen atoms in total. The van der Waals surface area contributed by atoms with Crippen LogP contribution in [0.15, 0.2) is 176 Å². The van der Waals surface area contributed by atoms with Crippen molar-refractivity contribution in [3.05, 3.63) is 198 Å². The van der Waals surface area contributed by atoms with Crippen LogP contribution in [0.5, 0.6) is 5.75 Å². The highest BCUT2D eigenvalue weighted by Crippen LogP contribution is 2.58. The molecule has 2 unspecified atom stereocenters. The summed E-state index contributed by atoms with van der Waals surface area (Å²) in [7, 11) is 0. The Kier molecular flexibility index (Phi) is 9.13. The number of anilines is 6. The van der Waals surface area contributed by atoms with Crippen molar-refractivity contribution < 1.29 is 4.74 Å². The van der Waals surface area contributed by atoms with Crippen molar-refractivity contribution in [3.63, 3.8) is 0 Å². The van der Waals surface area contributed by atoms with Gasteiger partial charge in [-0.3, -0.25) is 0 Å². The van der Waals surface area contributed by atoms with E-state index >= 15 is 0 Å². The molecule has 0 bridgehead atoms. The zero-order valence-electron chi connectivity index (χ0n) is 36.4. The fraction of sp³-hybridized carbons (Fsp3) is 0.233. The maximum absolute atomic E-state index is 7.22. The molecule has 1 aromatic heterocycles. The highest BCUT2D eigenvalue weighted by molar-refractivity contribution is 6.23. The smallest absolute Gasteiger partial charge is 0.187 e. The van der Waals surface area contributed by atoms with Crippen LogP contribution in [0.25, 0.3) is 32.6 Å². The maximum atomic E-state index is 7.22. The molecule has 0 amide bonds. The summed E-state index contributed by atoms with van der Waals surface area (Å²) in [5.74, 6) is 2.42. The van der Waals surface area contributed by atoms with Gasteiger partial charge in [0.1, 0.15) is 5.75 Å². The summed E-state index contributed by atoms with van der Waals surface area (Å²) in [6.07, 6.45) is 13.2. The Bertz CT molecular complexity index is 3160. The van der Waals surface area contributed by atoms with Crippen LogP contribution in [0, 0.1) is 0 Å². The van der Waals surface area contributed by atoms with Crippen LogP contribution in [-0.2, 0) is 0 Å². The molecule has 2 aliphatic heterocycles. The summed E-state index contributed by atoms with van der Waals surface area (Å²) in [5.41, 5.74) is 15.0. The Hall–Kier alpha value is -6.78. The summed E-state index contributed by atoms with van der Waals surface area (Å²) in [4.78, 5) is 4.81. The summed E-state index contributed by atoms with van der Waals surface area (Å²) < 4.78 is 9.73. The third kappa shape index (κ3) is 6.17. The largest absolute Gasteiger partial charge is 0.469 e. The van der Waals surface area contributed by atoms with Gasteiger partial charge >= 0.3 is 0 Å². The Balaban J connectivity index is 0.904. The Morgan fingerprint density at radius 1 is 0.422 bits per heavy atom. The number of hydrogen-bond donors (Lipinski definition) is 0. The first kappa shape index (κ1) is 37.7. The lowest BCUT2D eigenvalue weighted by Crippen LogP contribution is -2.11. The predicted molar refractivity (Wildman–Crippen MR) is 266 cm³/mol. The van der Waals surface area contributed by atoms with E-state index in [1.165, 1.54) is 130 Å². The van der Waals surface area contributed by atoms with Gasteiger partial charge in [-0.15, -0.1) is 0 Å². The number of rotatable bonds is 8. The van der Waals surface area contributed by atoms with Crippen molar-refractivity contribution in [2.75, 3.05) is 9.80 Å². The van der Waals surface area contributed by atoms with Gasteiger partial charge in [0.2, 0.25) is 0 Å². The quantitative estimate of drug-likeness (QED) is 0.152. The van der Waals surface area contributed by atoms with Crippen LogP contribution in [0.2, 0.25) is 0 Å². The second-order valence-electron chi connectivity index (χ2n) is 18.9. The highest BCUT2D eigenvalue weighted by Gasteiger charge is 2.45. The van der Waals surface area contributed by atoms with Gasteiger partial charge in [0.05, 0.1) is 17.0 Å². The third-order valence-electron chi connectivity index (χ3n) is 15.3. The van der Waals surface area contributed by atoms with Crippen molar-refractivity contribution in [1.82, 2.24) is 4.57 Å². The second kappa shape index (κ2) is 15.5. The van der Waals surface area contributed by atoms with Gasteiger partial charge in [0.25, 0.3) is 0 Å². The zero-order chi connectivity index (χ0) is 42.1. The summed E-state index contributed by atoms with van der Waals surface area (Å²) in [5, 5.41) is 5.12. The lowest BCUT2D eigenvalue weighted by atomic mass is 9.84. The van der Waals surface area contributed by atoms with E-state index < -0.39 is 0 Å². The van der Waals surface area contributed by atoms with E-state index in [9.17, 15) is 0 Å². The number of benzene rings is 8. The van der Waals surface area contributed by atoms with E-state index in [0.717, 1.165) is 28.5 Å². The van der Waals surface area contributed by atoms with Crippen LogP contribution in [0.4, 0.5) is 34.1 Å². The molecule has 8 aromatic carbocycles. The first-order valence-electron chi connectivity index (χ1n) is 24.0. The van der Waals surface area contributed by atoms with Gasteiger partial charge < -0.3 is 19.1 Å². The Morgan fingerprint density at radius 3 is 1.55 bits per heavy atom. The van der Waals surface area contributed by atoms with Crippen LogP contribution in [0.3, 0.4) is 0 Å². The summed E-state index contributed by atoms with van der Waals surface area (Å²) >= 11 is 0. The predicted octanol–water partition coefficient (Wildman–Crippen LogP) is 17.0. The van der Waals surface area contributed by atoms with Gasteiger partial charge in [-0.1, -0.05) is 130 Å². The van der Waals surface area contributed by atoms with E-state index in [0.29, 0.717) is 11.8 Å². The molecule has 4 heteroatoms. The average Bonchev–Trinajstić information content (AvgIpc) is 4.02. The molecule has 2 saturated carbocycles. The van der Waals surface area contributed by atoms with E-state index in [-0.39, 0.29) is 12.1 Å². The molecule has 9 aromatic rings. The summed E-state index contributed by atoms with van der Waals surface area (Å²) in [6, 6.07) is 65.9. The first-order chi connectivity index (χ1) is 31.7. The monoisotopic (exact) mass is 831 g/mol. The standard InChI is InChI=1S/C60H53N3O/c1-5-15-40(16-6-1)42-25-30-47(31-26-42)61(45-19-9-3-10-20-45)49-34-29-44-37-54-58-52-36-35-50(39-56(52)64-60(58)63-55-24-14-13-23-51(55)57(59(54)63)53(44)38-49)62(46-21-11-4-12-22-46)48-32-27-43(28-33-48)41-17-7-2-8-18-41/h3-4,9-14,19-41,58,60H,1-2,5-8,15-18H2. The number of aromatic nitrogens is 1. The Labute approximate surface area is 376 Å². The van der Waals surface area contributed by atoms with Crippen LogP contribution in [-0.4, -0.2) is 4.57 Å². The number of para-hydroxylation sites is 3. The van der Waals surface area contributed by atoms with E-state index in [2.05, 4.69) is 190 Å². The molecule has 2 aliphatic carbocycles. The van der Waals surface area contributed by atoms with Gasteiger partial charge in [-0.05, 0) is 144 Å². The van der Waals surface area contributed by atoms with Crippen molar-refractivity contribution >= 4 is 66.7 Å². The fourth-order valence-electron chi connectivity index (χ4n) is 12.2. The lowest BCUT2D eigenvalue weighted by molar-refractivity contribution is 0.164. The van der Waals surface area contributed by atoms with Crippen molar-refractivity contribution in [1.29, 1.82) is 0 Å². The minimum absolute atomic E-state index is 0.0960. The van der Waals surface area contributed by atoms with Gasteiger partial charge in [0, 0.05) is 56.5 Å². The molecule has 3 heterocycles. The fourth-order valence-corrected chi connectivity index (χ4v) is 12.2. The van der Waals surface area contributed by atoms with Crippen molar-refractivity contribution in [2.24, 2.45) is 0 Å². The van der Waals surface area contributed by atoms with Crippen LogP contribution >= 0.6 is 0 Å². The summed E-state index contributed by atoms with van der Waals surface area (Å²) in [6.45, 7) is 0. The molecule has 2 fully saturated rings. The molecule has 0 spiro atoms. The zero-order valence-corrected chi connectivity index (χ0v) is 36.4. The van der Waals surface area contributed by atoms with Crippen LogP contribution in [0.1, 0.15) is 110 Å². The number of hydrogen-bond acceptors (Lipinski definition) is 3. The topological polar surface area (TPSA) is 20.6 Å². The van der Waals surface area contributed by atoms with E-state index in [1.54, 1.807) is 0 Å². The molecule has 64 heavy (non-hydrogen) atoms. The van der Waals surface area contributed by atoms with Crippen molar-refractivity contribution in [2.45, 2.75) is 88.2 Å². The first-order valence-corrected chi connectivity index (χ1v) is 24.0. The van der Waals surface area contributed by atoms with Gasteiger partial charge in [-0.25, -0.2) is 0 Å². The van der Waals surface area contributed by atoms with Crippen LogP contribution < -0.4 is 14.5 Å². The van der Waals surface area contributed by atoms with E-state index in [4.69, 9.17) is 4.74 Å². The molecule has 0 saturated heterocycles. The molecule has 314 valence electrons. The minimum atomic E-state index is -0.164. The second-order valence-corrected chi connectivity index (χ2v) is 18.9. The molecule has 13 rings (SSSR count). The van der Waals surface area contributed by atoms with E-state index in [1.807, 2.05) is 0 Å². The highest BCUT2D eigenvalue weighted by atomic mass is 16.5. The molecular weight excluding hydrogens is 779 g/mol. The minimum Gasteiger partial charge on any atom is -0.469 e. The Morgan fingerprint density at radius 2 is 0.938 bits per heavy atom. The number of ether oxygens (including phenoxy) is 1. The van der Waals surface area contributed by atoms with Crippen molar-refractivity contribution in [3.8, 4) is 5.75 Å². The van der Waals surface area contributed by atoms with Gasteiger partial charge in [0.15, 0.2) is 6.23 Å². The molecular formula is C60H53N3O.